The summed E-state index contributed by atoms with van der Waals surface area (Å²) < 4.78 is 5.08. The van der Waals surface area contributed by atoms with E-state index < -0.39 is 5.76 Å². The van der Waals surface area contributed by atoms with Crippen LogP contribution in [0.2, 0.25) is 0 Å². The molecule has 0 aliphatic heterocycles. The first kappa shape index (κ1) is 11.5. The highest BCUT2D eigenvalue weighted by Gasteiger charge is 2.29. The first-order chi connectivity index (χ1) is 8.65. The molecule has 0 amide bonds. The van der Waals surface area contributed by atoms with E-state index in [2.05, 4.69) is 11.9 Å². The number of aromatic amines is 1. The van der Waals surface area contributed by atoms with E-state index in [0.717, 1.165) is 11.1 Å². The number of nitrogens with one attached hydrogen (secondary N) is 1. The normalized spacial score (nSPS) is 25.7. The molecule has 4 heteroatoms. The van der Waals surface area contributed by atoms with Gasteiger partial charge in [0.05, 0.1) is 5.52 Å². The van der Waals surface area contributed by atoms with E-state index in [1.807, 2.05) is 18.2 Å². The third-order valence-corrected chi connectivity index (χ3v) is 4.22. The van der Waals surface area contributed by atoms with E-state index in [1.54, 1.807) is 0 Å². The number of oxazole rings is 1. The molecule has 1 saturated carbocycles. The van der Waals surface area contributed by atoms with Gasteiger partial charge >= 0.3 is 5.76 Å². The lowest BCUT2D eigenvalue weighted by atomic mass is 9.86. The van der Waals surface area contributed by atoms with Crippen LogP contribution in [-0.4, -0.2) is 4.98 Å². The predicted molar refractivity (Wildman–Crippen MR) is 70.3 cm³/mol. The van der Waals surface area contributed by atoms with Crippen molar-refractivity contribution in [3.8, 4) is 0 Å². The maximum absolute atomic E-state index is 11.1. The number of nitrogens with two attached hydrogens (primary N) is 1. The van der Waals surface area contributed by atoms with Gasteiger partial charge in [0.25, 0.3) is 0 Å². The second kappa shape index (κ2) is 4.28. The van der Waals surface area contributed by atoms with E-state index >= 15 is 0 Å². The molecule has 1 fully saturated rings. The minimum Gasteiger partial charge on any atom is -0.408 e. The Hall–Kier alpha value is -1.55. The average Bonchev–Trinajstić information content (AvgIpc) is 2.91. The van der Waals surface area contributed by atoms with Gasteiger partial charge in [-0.25, -0.2) is 4.79 Å². The number of aromatic nitrogens is 1. The fourth-order valence-electron chi connectivity index (χ4n) is 3.12. The minimum atomic E-state index is -0.412. The van der Waals surface area contributed by atoms with Crippen molar-refractivity contribution >= 4 is 11.1 Å². The van der Waals surface area contributed by atoms with E-state index in [1.165, 1.54) is 19.3 Å². The molecule has 1 aromatic carbocycles. The Bertz CT molecular complexity index is 614. The molecule has 3 rings (SSSR count). The monoisotopic (exact) mass is 246 g/mol. The Kier molecular flexibility index (Phi) is 2.74. The first-order valence-corrected chi connectivity index (χ1v) is 6.53. The molecular formula is C14H18N2O2. The number of rotatable bonds is 2. The van der Waals surface area contributed by atoms with Crippen molar-refractivity contribution in [3.63, 3.8) is 0 Å². The summed E-state index contributed by atoms with van der Waals surface area (Å²) >= 11 is 0. The Balaban J connectivity index is 1.95. The fourth-order valence-corrected chi connectivity index (χ4v) is 3.12. The molecule has 3 atom stereocenters. The van der Waals surface area contributed by atoms with E-state index in [0.29, 0.717) is 17.4 Å². The van der Waals surface area contributed by atoms with Gasteiger partial charge in [-0.1, -0.05) is 25.8 Å². The molecule has 4 nitrogen and oxygen atoms in total. The van der Waals surface area contributed by atoms with Gasteiger partial charge in [0, 0.05) is 6.04 Å². The molecule has 1 aromatic heterocycles. The van der Waals surface area contributed by atoms with Gasteiger partial charge in [0.1, 0.15) is 0 Å². The number of benzene rings is 1. The number of hydrogen-bond acceptors (Lipinski definition) is 3. The Morgan fingerprint density at radius 1 is 1.44 bits per heavy atom. The van der Waals surface area contributed by atoms with Gasteiger partial charge in [-0.05, 0) is 36.0 Å². The van der Waals surface area contributed by atoms with Crippen molar-refractivity contribution in [3.05, 3.63) is 34.3 Å². The van der Waals surface area contributed by atoms with Crippen LogP contribution in [0.5, 0.6) is 0 Å². The lowest BCUT2D eigenvalue weighted by Gasteiger charge is -2.23. The number of hydrogen-bond donors (Lipinski definition) is 2. The van der Waals surface area contributed by atoms with Gasteiger partial charge in [-0.2, -0.15) is 0 Å². The average molecular weight is 246 g/mol. The largest absolute Gasteiger partial charge is 0.417 e. The standard InChI is InChI=1S/C14H18N2O2/c1-8-3-2-4-10(8)13(15)9-5-6-11-12(7-9)18-14(17)16-11/h5-8,10,13H,2-4,15H2,1H3,(H,16,17). The summed E-state index contributed by atoms with van der Waals surface area (Å²) in [6.07, 6.45) is 3.72. The molecule has 0 spiro atoms. The Labute approximate surface area is 105 Å². The summed E-state index contributed by atoms with van der Waals surface area (Å²) in [7, 11) is 0. The fraction of sp³-hybridized carbons (Fsp3) is 0.500. The Morgan fingerprint density at radius 2 is 2.28 bits per heavy atom. The highest BCUT2D eigenvalue weighted by Crippen LogP contribution is 2.39. The quantitative estimate of drug-likeness (QED) is 0.855. The maximum Gasteiger partial charge on any atom is 0.417 e. The summed E-state index contributed by atoms with van der Waals surface area (Å²) in [6, 6.07) is 5.79. The van der Waals surface area contributed by atoms with Crippen LogP contribution in [-0.2, 0) is 0 Å². The smallest absolute Gasteiger partial charge is 0.408 e. The highest BCUT2D eigenvalue weighted by molar-refractivity contribution is 5.72. The lowest BCUT2D eigenvalue weighted by molar-refractivity contribution is 0.351. The molecular weight excluding hydrogens is 228 g/mol. The second-order valence-electron chi connectivity index (χ2n) is 5.37. The lowest BCUT2D eigenvalue weighted by Crippen LogP contribution is -2.23. The molecule has 1 heterocycles. The van der Waals surface area contributed by atoms with Crippen LogP contribution in [0.25, 0.3) is 11.1 Å². The summed E-state index contributed by atoms with van der Waals surface area (Å²) in [5.41, 5.74) is 8.75. The van der Waals surface area contributed by atoms with Crippen molar-refractivity contribution < 1.29 is 4.42 Å². The molecule has 1 aliphatic rings. The van der Waals surface area contributed by atoms with Crippen LogP contribution in [0, 0.1) is 11.8 Å². The van der Waals surface area contributed by atoms with Crippen molar-refractivity contribution in [1.29, 1.82) is 0 Å². The summed E-state index contributed by atoms with van der Waals surface area (Å²) in [6.45, 7) is 2.27. The molecule has 3 unspecified atom stereocenters. The number of fused-ring (bicyclic) bond motifs is 1. The molecule has 18 heavy (non-hydrogen) atoms. The van der Waals surface area contributed by atoms with Crippen LogP contribution in [0.1, 0.15) is 37.8 Å². The van der Waals surface area contributed by atoms with Crippen LogP contribution >= 0.6 is 0 Å². The highest BCUT2D eigenvalue weighted by atomic mass is 16.4. The second-order valence-corrected chi connectivity index (χ2v) is 5.37. The molecule has 3 N–H and O–H groups in total. The predicted octanol–water partition coefficient (Wildman–Crippen LogP) is 2.56. The van der Waals surface area contributed by atoms with Gasteiger partial charge < -0.3 is 10.2 Å². The van der Waals surface area contributed by atoms with Crippen molar-refractivity contribution in [2.75, 3.05) is 0 Å². The van der Waals surface area contributed by atoms with Crippen LogP contribution < -0.4 is 11.5 Å². The number of H-pyrrole nitrogens is 1. The van der Waals surface area contributed by atoms with Gasteiger partial charge in [-0.3, -0.25) is 4.98 Å². The van der Waals surface area contributed by atoms with Crippen molar-refractivity contribution in [2.24, 2.45) is 17.6 Å². The molecule has 0 saturated heterocycles. The third kappa shape index (κ3) is 1.86. The zero-order valence-electron chi connectivity index (χ0n) is 10.5. The minimum absolute atomic E-state index is 0.0344. The van der Waals surface area contributed by atoms with E-state index in [9.17, 15) is 4.79 Å². The van der Waals surface area contributed by atoms with Gasteiger partial charge in [0.15, 0.2) is 5.58 Å². The SMILES string of the molecule is CC1CCCC1C(N)c1ccc2[nH]c(=O)oc2c1. The third-order valence-electron chi connectivity index (χ3n) is 4.22. The zero-order chi connectivity index (χ0) is 12.7. The van der Waals surface area contributed by atoms with Crippen molar-refractivity contribution in [1.82, 2.24) is 4.98 Å². The van der Waals surface area contributed by atoms with Gasteiger partial charge in [-0.15, -0.1) is 0 Å². The molecule has 1 aliphatic carbocycles. The topological polar surface area (TPSA) is 72.0 Å². The van der Waals surface area contributed by atoms with Crippen LogP contribution in [0.15, 0.2) is 27.4 Å². The molecule has 0 radical (unpaired) electrons. The van der Waals surface area contributed by atoms with Crippen LogP contribution in [0.4, 0.5) is 0 Å². The molecule has 96 valence electrons. The molecule has 2 aromatic rings. The van der Waals surface area contributed by atoms with Crippen molar-refractivity contribution in [2.45, 2.75) is 32.2 Å². The van der Waals surface area contributed by atoms with Crippen LogP contribution in [0.3, 0.4) is 0 Å². The Morgan fingerprint density at radius 3 is 3.00 bits per heavy atom. The summed E-state index contributed by atoms with van der Waals surface area (Å²) in [5, 5.41) is 0. The summed E-state index contributed by atoms with van der Waals surface area (Å²) in [4.78, 5) is 13.8. The van der Waals surface area contributed by atoms with E-state index in [-0.39, 0.29) is 6.04 Å². The first-order valence-electron chi connectivity index (χ1n) is 6.53. The maximum atomic E-state index is 11.1. The summed E-state index contributed by atoms with van der Waals surface area (Å²) in [5.74, 6) is 0.798. The molecule has 0 bridgehead atoms. The zero-order valence-corrected chi connectivity index (χ0v) is 10.5. The van der Waals surface area contributed by atoms with E-state index in [4.69, 9.17) is 10.2 Å². The van der Waals surface area contributed by atoms with Gasteiger partial charge in [0.2, 0.25) is 0 Å².